The van der Waals surface area contributed by atoms with E-state index in [0.29, 0.717) is 36.5 Å². The third-order valence-electron chi connectivity index (χ3n) is 15.0. The lowest BCUT2D eigenvalue weighted by Crippen LogP contribution is -2.49. The summed E-state index contributed by atoms with van der Waals surface area (Å²) < 4.78 is 46.6. The maximum Gasteiger partial charge on any atom is 0.411 e. The van der Waals surface area contributed by atoms with E-state index in [-0.39, 0.29) is 97.4 Å². The summed E-state index contributed by atoms with van der Waals surface area (Å²) >= 11 is 0. The first-order valence-corrected chi connectivity index (χ1v) is 27.1. The van der Waals surface area contributed by atoms with Crippen LogP contribution in [0.15, 0.2) is 97.1 Å². The van der Waals surface area contributed by atoms with Gasteiger partial charge in [0.1, 0.15) is 44.6 Å². The first kappa shape index (κ1) is 62.2. The van der Waals surface area contributed by atoms with E-state index in [1.165, 1.54) is 34.4 Å². The fraction of sp³-hybridized carbons (Fsp3) is 0.533. The van der Waals surface area contributed by atoms with Crippen molar-refractivity contribution in [3.05, 3.63) is 129 Å². The predicted molar refractivity (Wildman–Crippen MR) is 295 cm³/mol. The lowest BCUT2D eigenvalue weighted by atomic mass is 9.78. The number of nitro benzene ring substituents is 1. The van der Waals surface area contributed by atoms with Gasteiger partial charge in [-0.25, -0.2) is 9.59 Å². The molecule has 6 rings (SSSR count). The quantitative estimate of drug-likeness (QED) is 0.0316. The molecule has 0 saturated carbocycles. The Labute approximate surface area is 460 Å². The van der Waals surface area contributed by atoms with Crippen molar-refractivity contribution in [2.45, 2.75) is 146 Å². The molecule has 78 heavy (non-hydrogen) atoms. The fourth-order valence-corrected chi connectivity index (χ4v) is 9.40. The van der Waals surface area contributed by atoms with Crippen molar-refractivity contribution in [3.8, 4) is 11.5 Å². The number of nitrogens with zero attached hydrogens (tertiary/aromatic N) is 3. The van der Waals surface area contributed by atoms with Crippen LogP contribution in [0.25, 0.3) is 0 Å². The van der Waals surface area contributed by atoms with Crippen LogP contribution >= 0.6 is 0 Å². The van der Waals surface area contributed by atoms with Gasteiger partial charge in [0, 0.05) is 31.0 Å². The number of anilines is 1. The largest absolute Gasteiger partial charge is 0.462 e. The van der Waals surface area contributed by atoms with E-state index in [2.05, 4.69) is 26.0 Å². The molecule has 18 nitrogen and oxygen atoms in total. The Morgan fingerprint density at radius 1 is 0.577 bits per heavy atom. The Kier molecular flexibility index (Phi) is 23.9. The third-order valence-corrected chi connectivity index (χ3v) is 15.0. The zero-order chi connectivity index (χ0) is 57.2. The summed E-state index contributed by atoms with van der Waals surface area (Å²) in [5, 5.41) is 11.9. The van der Waals surface area contributed by atoms with Crippen LogP contribution in [0.4, 0.5) is 21.0 Å². The summed E-state index contributed by atoms with van der Waals surface area (Å²) in [6.07, 6.45) is -2.25. The second-order valence-corrected chi connectivity index (χ2v) is 20.8. The molecule has 2 saturated heterocycles. The molecule has 0 spiro atoms. The topological polar surface area (TPSA) is 218 Å². The lowest BCUT2D eigenvalue weighted by Gasteiger charge is -2.42. The van der Waals surface area contributed by atoms with E-state index in [1.807, 2.05) is 104 Å². The Bertz CT molecular complexity index is 2570. The number of amides is 2. The highest BCUT2D eigenvalue weighted by molar-refractivity contribution is 5.81. The molecule has 2 amide bonds. The van der Waals surface area contributed by atoms with Gasteiger partial charge < -0.3 is 43.6 Å². The van der Waals surface area contributed by atoms with E-state index in [0.717, 1.165) is 17.5 Å². The predicted octanol–water partition coefficient (Wildman–Crippen LogP) is 11.2. The van der Waals surface area contributed by atoms with Crippen LogP contribution in [0.3, 0.4) is 0 Å². The zero-order valence-corrected chi connectivity index (χ0v) is 47.5. The van der Waals surface area contributed by atoms with Crippen molar-refractivity contribution in [1.82, 2.24) is 9.80 Å². The number of ether oxygens (including phenoxy) is 8. The number of nitrogens with two attached hydrogens (primary N) is 1. The highest BCUT2D eigenvalue weighted by atomic mass is 16.7. The summed E-state index contributed by atoms with van der Waals surface area (Å²) in [4.78, 5) is 63.7. The van der Waals surface area contributed by atoms with E-state index in [1.54, 1.807) is 31.2 Å². The SMILES string of the molecule is CCN(COC(C)Cc1ccccc1)C(=O)OCc1ccc(OC2OC(C(C)=O)C(C)[C@H](C)[C@@H]2C)c(N)c1.CCN(COC(C)Cc1ccccc1)C(=O)OCc1ccc(OC2OC(C(C)=O)C(C)[C@H](C)[C@@H]2C)c([N+](=O)[O-])c1. The molecule has 2 aliphatic rings. The number of hydrogen-bond acceptors (Lipinski definition) is 15. The van der Waals surface area contributed by atoms with Crippen LogP contribution < -0.4 is 15.2 Å². The molecule has 0 radical (unpaired) electrons. The number of nitro groups is 1. The van der Waals surface area contributed by atoms with Gasteiger partial charge in [0.15, 0.2) is 17.3 Å². The molecule has 2 aliphatic heterocycles. The molecule has 2 heterocycles. The minimum absolute atomic E-state index is 0.000409. The number of Topliss-reactive ketones (excluding diaryl/α,β-unsaturated/α-hetero) is 2. The minimum Gasteiger partial charge on any atom is -0.462 e. The molecule has 8 unspecified atom stereocenters. The monoisotopic (exact) mass is 1080 g/mol. The molecule has 2 fully saturated rings. The molecule has 2 N–H and O–H groups in total. The maximum atomic E-state index is 12.7. The molecular weight excluding hydrogens is 1000 g/mol. The maximum absolute atomic E-state index is 12.7. The number of ketones is 2. The molecule has 0 aromatic heterocycles. The Balaban J connectivity index is 0.000000288. The molecule has 426 valence electrons. The van der Waals surface area contributed by atoms with Crippen molar-refractivity contribution in [2.24, 2.45) is 35.5 Å². The van der Waals surface area contributed by atoms with E-state index >= 15 is 0 Å². The van der Waals surface area contributed by atoms with Crippen LogP contribution in [-0.2, 0) is 64.1 Å². The normalized spacial score (nSPS) is 23.5. The summed E-state index contributed by atoms with van der Waals surface area (Å²) in [6, 6.07) is 29.7. The highest BCUT2D eigenvalue weighted by Gasteiger charge is 2.44. The van der Waals surface area contributed by atoms with E-state index in [9.17, 15) is 29.3 Å². The first-order chi connectivity index (χ1) is 37.1. The second kappa shape index (κ2) is 30.0. The molecule has 0 bridgehead atoms. The van der Waals surface area contributed by atoms with E-state index in [4.69, 9.17) is 43.6 Å². The van der Waals surface area contributed by atoms with Gasteiger partial charge >= 0.3 is 17.9 Å². The average molecular weight is 1080 g/mol. The van der Waals surface area contributed by atoms with Crippen molar-refractivity contribution in [3.63, 3.8) is 0 Å². The van der Waals surface area contributed by atoms with Gasteiger partial charge in [-0.1, -0.05) is 114 Å². The van der Waals surface area contributed by atoms with Crippen LogP contribution in [0, 0.1) is 45.6 Å². The molecule has 4 aromatic rings. The highest BCUT2D eigenvalue weighted by Crippen LogP contribution is 2.40. The number of nitrogen functional groups attached to an aromatic ring is 1. The van der Waals surface area contributed by atoms with Crippen molar-refractivity contribution >= 4 is 35.1 Å². The van der Waals surface area contributed by atoms with E-state index < -0.39 is 41.9 Å². The smallest absolute Gasteiger partial charge is 0.411 e. The Morgan fingerprint density at radius 2 is 0.974 bits per heavy atom. The van der Waals surface area contributed by atoms with Crippen molar-refractivity contribution < 1.29 is 62.0 Å². The van der Waals surface area contributed by atoms with Gasteiger partial charge in [-0.2, -0.15) is 0 Å². The number of rotatable bonds is 23. The minimum atomic E-state index is -0.815. The number of carbonyl (C=O) groups excluding carboxylic acids is 4. The van der Waals surface area contributed by atoms with Crippen molar-refractivity contribution in [1.29, 1.82) is 0 Å². The van der Waals surface area contributed by atoms with Gasteiger partial charge in [-0.05, 0) is 119 Å². The van der Waals surface area contributed by atoms with Crippen LogP contribution in [0.1, 0.15) is 105 Å². The molecule has 12 atom stereocenters. The lowest BCUT2D eigenvalue weighted by molar-refractivity contribution is -0.386. The van der Waals surface area contributed by atoms with Crippen molar-refractivity contribution in [2.75, 3.05) is 32.3 Å². The average Bonchev–Trinajstić information content (AvgIpc) is 3.41. The molecule has 18 heteroatoms. The summed E-state index contributed by atoms with van der Waals surface area (Å²) in [6.45, 7) is 23.7. The molecular formula is C60H82N4O14. The van der Waals surface area contributed by atoms with Gasteiger partial charge in [-0.3, -0.25) is 29.5 Å². The van der Waals surface area contributed by atoms with Gasteiger partial charge in [0.25, 0.3) is 0 Å². The van der Waals surface area contributed by atoms with Gasteiger partial charge in [-0.15, -0.1) is 0 Å². The van der Waals surface area contributed by atoms with Crippen LogP contribution in [-0.4, -0.2) is 102 Å². The molecule has 0 aliphatic carbocycles. The van der Waals surface area contributed by atoms with Crippen LogP contribution in [0.5, 0.6) is 11.5 Å². The fourth-order valence-electron chi connectivity index (χ4n) is 9.40. The molecule has 4 aromatic carbocycles. The first-order valence-electron chi connectivity index (χ1n) is 27.1. The van der Waals surface area contributed by atoms with Gasteiger partial charge in [0.2, 0.25) is 12.6 Å². The number of benzene rings is 4. The number of carbonyl (C=O) groups is 4. The summed E-state index contributed by atoms with van der Waals surface area (Å²) in [5.74, 6) is 0.828. The zero-order valence-electron chi connectivity index (χ0n) is 47.5. The Morgan fingerprint density at radius 3 is 1.36 bits per heavy atom. The Hall–Kier alpha value is -6.60. The standard InChI is InChI=1S/C30H40N2O8.C30H42N2O6/c1-7-31(18-38-19(2)15-24-11-9-8-10-12-24)30(34)37-17-25-13-14-27(26(16-25)32(35)36)39-29-22(5)20(3)21(4)28(40-29)23(6)33;1-7-32(18-36-19(2)15-24-11-9-8-10-12-24)30(34)35-17-25-13-14-27(26(31)16-25)37-29-22(5)20(3)21(4)28(38-29)23(6)33/h8-14,16,19-22,28-29H,7,15,17-18H2,1-6H3;8-14,16,19-22,28-29H,7,15,17-18,31H2,1-6H3/t2*19?,20-,21?,22-,28?,29?/m00/s1. The second-order valence-electron chi connectivity index (χ2n) is 20.8. The van der Waals surface area contributed by atoms with Crippen LogP contribution in [0.2, 0.25) is 0 Å². The van der Waals surface area contributed by atoms with Gasteiger partial charge in [0.05, 0.1) is 22.8 Å². The number of hydrogen-bond donors (Lipinski definition) is 1. The summed E-state index contributed by atoms with van der Waals surface area (Å²) in [5.41, 5.74) is 9.88. The third kappa shape index (κ3) is 17.7. The summed E-state index contributed by atoms with van der Waals surface area (Å²) in [7, 11) is 0.